The Hall–Kier alpha value is -3.11. The molecular weight excluding hydrogens is 414 g/mol. The van der Waals surface area contributed by atoms with Crippen LogP contribution in [0.2, 0.25) is 0 Å². The van der Waals surface area contributed by atoms with E-state index in [-0.39, 0.29) is 11.2 Å². The number of hydrogen-bond acceptors (Lipinski definition) is 6. The average molecular weight is 448 g/mol. The van der Waals surface area contributed by atoms with E-state index in [1.165, 1.54) is 11.3 Å². The van der Waals surface area contributed by atoms with Crippen molar-refractivity contribution in [1.29, 1.82) is 5.26 Å². The lowest BCUT2D eigenvalue weighted by atomic mass is 9.88. The third-order valence-corrected chi connectivity index (χ3v) is 6.31. The van der Waals surface area contributed by atoms with E-state index in [2.05, 4.69) is 58.4 Å². The molecule has 7 heteroatoms. The maximum Gasteiger partial charge on any atom is 0.234 e. The lowest BCUT2D eigenvalue weighted by Gasteiger charge is -2.33. The topological polar surface area (TPSA) is 76.2 Å². The van der Waals surface area contributed by atoms with Crippen molar-refractivity contribution in [2.24, 2.45) is 5.41 Å². The minimum absolute atomic E-state index is 0.0936. The summed E-state index contributed by atoms with van der Waals surface area (Å²) < 4.78 is 13.3. The van der Waals surface area contributed by atoms with Crippen molar-refractivity contribution in [2.75, 3.05) is 27.3 Å². The smallest absolute Gasteiger partial charge is 0.234 e. The van der Waals surface area contributed by atoms with Crippen molar-refractivity contribution < 1.29 is 9.47 Å². The molecule has 1 saturated heterocycles. The van der Waals surface area contributed by atoms with Gasteiger partial charge in [0, 0.05) is 36.4 Å². The maximum absolute atomic E-state index is 9.27. The summed E-state index contributed by atoms with van der Waals surface area (Å²) in [5.74, 6) is 2.43. The molecule has 174 valence electrons. The standard InChI is InChI=1S/C26H33N5O2/c1-26(2,3)17-31-20(12-19-15-28-24(14-27)29-25(19)31)16-30-10-8-18(9-11-30)22-7-6-21(32-4)13-23(22)33-5/h6-7,12-13,15,18H,8-11,16-17H2,1-5H3. The van der Waals surface area contributed by atoms with Crippen molar-refractivity contribution in [3.8, 4) is 17.6 Å². The molecule has 3 aromatic rings. The SMILES string of the molecule is COc1ccc(C2CCN(Cc3cc4cnc(C#N)nc4n3CC(C)(C)C)CC2)c(OC)c1. The molecule has 1 fully saturated rings. The number of rotatable bonds is 6. The first kappa shape index (κ1) is 23.1. The Bertz CT molecular complexity index is 1160. The van der Waals surface area contributed by atoms with Crippen LogP contribution in [0, 0.1) is 16.7 Å². The first-order valence-corrected chi connectivity index (χ1v) is 11.5. The molecule has 0 unspecified atom stereocenters. The minimum atomic E-state index is 0.0936. The van der Waals surface area contributed by atoms with E-state index in [0.717, 1.165) is 61.6 Å². The molecule has 3 heterocycles. The quantitative estimate of drug-likeness (QED) is 0.543. The van der Waals surface area contributed by atoms with E-state index < -0.39 is 0 Å². The van der Waals surface area contributed by atoms with Crippen LogP contribution in [-0.4, -0.2) is 46.7 Å². The fraction of sp³-hybridized carbons (Fsp3) is 0.500. The van der Waals surface area contributed by atoms with Gasteiger partial charge in [-0.25, -0.2) is 9.97 Å². The fourth-order valence-corrected chi connectivity index (χ4v) is 4.72. The Kier molecular flexibility index (Phi) is 6.57. The molecule has 0 spiro atoms. The zero-order chi connectivity index (χ0) is 23.6. The van der Waals surface area contributed by atoms with E-state index in [4.69, 9.17) is 9.47 Å². The molecular formula is C26H33N5O2. The van der Waals surface area contributed by atoms with Crippen LogP contribution in [0.3, 0.4) is 0 Å². The number of ether oxygens (including phenoxy) is 2. The Balaban J connectivity index is 1.52. The lowest BCUT2D eigenvalue weighted by molar-refractivity contribution is 0.196. The summed E-state index contributed by atoms with van der Waals surface area (Å²) in [5.41, 5.74) is 3.43. The predicted molar refractivity (Wildman–Crippen MR) is 128 cm³/mol. The summed E-state index contributed by atoms with van der Waals surface area (Å²) in [6, 6.07) is 10.4. The number of likely N-dealkylation sites (tertiary alicyclic amines) is 1. The van der Waals surface area contributed by atoms with Crippen molar-refractivity contribution in [3.05, 3.63) is 47.5 Å². The third kappa shape index (κ3) is 5.12. The molecule has 0 amide bonds. The number of hydrogen-bond donors (Lipinski definition) is 0. The summed E-state index contributed by atoms with van der Waals surface area (Å²) >= 11 is 0. The van der Waals surface area contributed by atoms with Crippen molar-refractivity contribution in [3.63, 3.8) is 0 Å². The molecule has 0 bridgehead atoms. The van der Waals surface area contributed by atoms with Crippen LogP contribution in [0.1, 0.15) is 56.6 Å². The van der Waals surface area contributed by atoms with E-state index >= 15 is 0 Å². The van der Waals surface area contributed by atoms with Crippen molar-refractivity contribution >= 4 is 11.0 Å². The normalized spacial score (nSPS) is 15.5. The van der Waals surface area contributed by atoms with Gasteiger partial charge in [0.2, 0.25) is 5.82 Å². The van der Waals surface area contributed by atoms with E-state index in [0.29, 0.717) is 5.92 Å². The first-order chi connectivity index (χ1) is 15.8. The van der Waals surface area contributed by atoms with Crippen LogP contribution >= 0.6 is 0 Å². The van der Waals surface area contributed by atoms with Gasteiger partial charge in [0.15, 0.2) is 0 Å². The second-order valence-electron chi connectivity index (χ2n) is 10.0. The van der Waals surface area contributed by atoms with Gasteiger partial charge in [0.05, 0.1) is 14.2 Å². The van der Waals surface area contributed by atoms with Crippen LogP contribution in [-0.2, 0) is 13.1 Å². The molecule has 2 aromatic heterocycles. The molecule has 1 aliphatic rings. The monoisotopic (exact) mass is 447 g/mol. The summed E-state index contributed by atoms with van der Waals surface area (Å²) in [5, 5.41) is 10.3. The maximum atomic E-state index is 9.27. The average Bonchev–Trinajstić information content (AvgIpc) is 3.13. The largest absolute Gasteiger partial charge is 0.497 e. The van der Waals surface area contributed by atoms with Crippen LogP contribution in [0.4, 0.5) is 0 Å². The van der Waals surface area contributed by atoms with Crippen LogP contribution in [0.25, 0.3) is 11.0 Å². The second kappa shape index (κ2) is 9.40. The van der Waals surface area contributed by atoms with Gasteiger partial charge < -0.3 is 14.0 Å². The molecule has 4 rings (SSSR count). The van der Waals surface area contributed by atoms with E-state index in [1.54, 1.807) is 20.4 Å². The number of benzene rings is 1. The van der Waals surface area contributed by atoms with Gasteiger partial charge in [-0.05, 0) is 55.0 Å². The summed E-state index contributed by atoms with van der Waals surface area (Å²) in [6.45, 7) is 10.4. The molecule has 0 radical (unpaired) electrons. The Morgan fingerprint density at radius 3 is 2.52 bits per heavy atom. The lowest BCUT2D eigenvalue weighted by Crippen LogP contribution is -2.33. The highest BCUT2D eigenvalue weighted by Crippen LogP contribution is 2.37. The number of fused-ring (bicyclic) bond motifs is 1. The molecule has 1 aliphatic heterocycles. The minimum Gasteiger partial charge on any atom is -0.497 e. The Morgan fingerprint density at radius 2 is 1.88 bits per heavy atom. The summed E-state index contributed by atoms with van der Waals surface area (Å²) in [4.78, 5) is 11.2. The van der Waals surface area contributed by atoms with Gasteiger partial charge in [-0.2, -0.15) is 5.26 Å². The van der Waals surface area contributed by atoms with Gasteiger partial charge in [-0.3, -0.25) is 4.90 Å². The third-order valence-electron chi connectivity index (χ3n) is 6.31. The number of nitriles is 1. The molecule has 0 N–H and O–H groups in total. The molecule has 1 aromatic carbocycles. The van der Waals surface area contributed by atoms with Gasteiger partial charge in [-0.15, -0.1) is 0 Å². The molecule has 7 nitrogen and oxygen atoms in total. The highest BCUT2D eigenvalue weighted by Gasteiger charge is 2.25. The van der Waals surface area contributed by atoms with Crippen molar-refractivity contribution in [2.45, 2.75) is 52.6 Å². The summed E-state index contributed by atoms with van der Waals surface area (Å²) in [6.07, 6.45) is 3.94. The van der Waals surface area contributed by atoms with Gasteiger partial charge >= 0.3 is 0 Å². The highest BCUT2D eigenvalue weighted by atomic mass is 16.5. The Morgan fingerprint density at radius 1 is 1.12 bits per heavy atom. The zero-order valence-corrected chi connectivity index (χ0v) is 20.3. The van der Waals surface area contributed by atoms with Crippen LogP contribution in [0.5, 0.6) is 11.5 Å². The number of nitrogens with zero attached hydrogens (tertiary/aromatic N) is 5. The Labute approximate surface area is 196 Å². The molecule has 0 aliphatic carbocycles. The summed E-state index contributed by atoms with van der Waals surface area (Å²) in [7, 11) is 3.40. The van der Waals surface area contributed by atoms with E-state index in [1.807, 2.05) is 12.1 Å². The molecule has 0 atom stereocenters. The van der Waals surface area contributed by atoms with Gasteiger partial charge in [0.25, 0.3) is 0 Å². The van der Waals surface area contributed by atoms with Gasteiger partial charge in [0.1, 0.15) is 23.2 Å². The number of methoxy groups -OCH3 is 2. The van der Waals surface area contributed by atoms with Gasteiger partial charge in [-0.1, -0.05) is 26.8 Å². The predicted octanol–water partition coefficient (Wildman–Crippen LogP) is 4.75. The second-order valence-corrected chi connectivity index (χ2v) is 10.0. The van der Waals surface area contributed by atoms with Crippen LogP contribution < -0.4 is 9.47 Å². The highest BCUT2D eigenvalue weighted by molar-refractivity contribution is 5.77. The van der Waals surface area contributed by atoms with Crippen molar-refractivity contribution in [1.82, 2.24) is 19.4 Å². The number of aromatic nitrogens is 3. The zero-order valence-electron chi connectivity index (χ0n) is 20.3. The van der Waals surface area contributed by atoms with E-state index in [9.17, 15) is 5.26 Å². The first-order valence-electron chi connectivity index (χ1n) is 11.5. The molecule has 33 heavy (non-hydrogen) atoms. The molecule has 0 saturated carbocycles. The number of piperidine rings is 1. The fourth-order valence-electron chi connectivity index (χ4n) is 4.72. The van der Waals surface area contributed by atoms with Crippen LogP contribution in [0.15, 0.2) is 30.5 Å².